The molecule has 0 aliphatic carbocycles. The van der Waals surface area contributed by atoms with E-state index in [0.717, 1.165) is 49.2 Å². The van der Waals surface area contributed by atoms with Gasteiger partial charge in [-0.3, -0.25) is 4.90 Å². The Morgan fingerprint density at radius 1 is 1.13 bits per heavy atom. The summed E-state index contributed by atoms with van der Waals surface area (Å²) in [6.07, 6.45) is 2.96. The van der Waals surface area contributed by atoms with E-state index in [1.807, 2.05) is 13.0 Å². The van der Waals surface area contributed by atoms with Crippen molar-refractivity contribution in [3.63, 3.8) is 0 Å². The smallest absolute Gasteiger partial charge is 0.230 e. The molecule has 4 rings (SSSR count). The molecule has 2 heterocycles. The molecule has 30 heavy (non-hydrogen) atoms. The van der Waals surface area contributed by atoms with E-state index in [1.54, 1.807) is 30.3 Å². The molecule has 2 aromatic carbocycles. The molecule has 158 valence electrons. The summed E-state index contributed by atoms with van der Waals surface area (Å²) in [5.74, 6) is 1.06. The zero-order valence-corrected chi connectivity index (χ0v) is 17.8. The average molecular weight is 430 g/mol. The van der Waals surface area contributed by atoms with Crippen molar-refractivity contribution in [1.29, 1.82) is 0 Å². The standard InChI is InChI=1S/C22H24FN3O3S/c1-15-3-6-19(23)13-18(15)14-26-11-9-17(10-12-26)22-24-21(25-29-22)16-4-7-20(8-5-16)30(2,27)28/h3-8,13,17H,9-12,14H2,1-2H3. The molecule has 1 aliphatic rings. The molecule has 0 spiro atoms. The third-order valence-electron chi connectivity index (χ3n) is 5.62. The minimum Gasteiger partial charge on any atom is -0.339 e. The van der Waals surface area contributed by atoms with Crippen LogP contribution in [0.15, 0.2) is 51.9 Å². The Balaban J connectivity index is 1.39. The lowest BCUT2D eigenvalue weighted by Crippen LogP contribution is -2.32. The van der Waals surface area contributed by atoms with E-state index in [-0.39, 0.29) is 16.6 Å². The first kappa shape index (κ1) is 20.7. The molecule has 0 radical (unpaired) electrons. The van der Waals surface area contributed by atoms with Gasteiger partial charge in [0.15, 0.2) is 9.84 Å². The Hall–Kier alpha value is -2.58. The van der Waals surface area contributed by atoms with Gasteiger partial charge in [0.2, 0.25) is 11.7 Å². The fourth-order valence-corrected chi connectivity index (χ4v) is 4.39. The van der Waals surface area contributed by atoms with Crippen molar-refractivity contribution in [1.82, 2.24) is 15.0 Å². The van der Waals surface area contributed by atoms with E-state index in [9.17, 15) is 12.8 Å². The molecule has 3 aromatic rings. The van der Waals surface area contributed by atoms with Gasteiger partial charge in [-0.15, -0.1) is 0 Å². The normalized spacial score (nSPS) is 16.1. The third-order valence-corrected chi connectivity index (χ3v) is 6.75. The Labute approximate surface area is 175 Å². The van der Waals surface area contributed by atoms with Gasteiger partial charge in [0, 0.05) is 24.3 Å². The highest BCUT2D eigenvalue weighted by atomic mass is 32.2. The maximum Gasteiger partial charge on any atom is 0.230 e. The Bertz CT molecular complexity index is 1130. The number of piperidine rings is 1. The fourth-order valence-electron chi connectivity index (χ4n) is 3.76. The second-order valence-electron chi connectivity index (χ2n) is 7.87. The monoisotopic (exact) mass is 429 g/mol. The van der Waals surface area contributed by atoms with E-state index >= 15 is 0 Å². The molecule has 0 saturated carbocycles. The molecule has 0 bridgehead atoms. The molecule has 0 unspecified atom stereocenters. The van der Waals surface area contributed by atoms with Gasteiger partial charge in [0.1, 0.15) is 5.82 Å². The molecule has 1 fully saturated rings. The van der Waals surface area contributed by atoms with Crippen LogP contribution >= 0.6 is 0 Å². The lowest BCUT2D eigenvalue weighted by atomic mass is 9.96. The molecule has 0 atom stereocenters. The minimum atomic E-state index is -3.24. The van der Waals surface area contributed by atoms with Crippen molar-refractivity contribution in [3.8, 4) is 11.4 Å². The van der Waals surface area contributed by atoms with Crippen LogP contribution in [0.25, 0.3) is 11.4 Å². The summed E-state index contributed by atoms with van der Waals surface area (Å²) in [5, 5.41) is 4.07. The van der Waals surface area contributed by atoms with Crippen molar-refractivity contribution in [2.75, 3.05) is 19.3 Å². The number of benzene rings is 2. The van der Waals surface area contributed by atoms with E-state index in [2.05, 4.69) is 15.0 Å². The summed E-state index contributed by atoms with van der Waals surface area (Å²) in [7, 11) is -3.24. The zero-order chi connectivity index (χ0) is 21.3. The molecule has 6 nitrogen and oxygen atoms in total. The lowest BCUT2D eigenvalue weighted by Gasteiger charge is -2.30. The Morgan fingerprint density at radius 2 is 1.83 bits per heavy atom. The number of aryl methyl sites for hydroxylation is 1. The van der Waals surface area contributed by atoms with Crippen LogP contribution in [-0.4, -0.2) is 42.8 Å². The molecule has 1 aromatic heterocycles. The highest BCUT2D eigenvalue weighted by Crippen LogP contribution is 2.29. The van der Waals surface area contributed by atoms with Gasteiger partial charge < -0.3 is 4.52 Å². The first-order chi connectivity index (χ1) is 14.3. The summed E-state index contributed by atoms with van der Waals surface area (Å²) in [4.78, 5) is 7.11. The highest BCUT2D eigenvalue weighted by molar-refractivity contribution is 7.90. The third kappa shape index (κ3) is 4.60. The summed E-state index contributed by atoms with van der Waals surface area (Å²) < 4.78 is 42.2. The maximum atomic E-state index is 13.5. The zero-order valence-electron chi connectivity index (χ0n) is 17.0. The van der Waals surface area contributed by atoms with Crippen LogP contribution in [-0.2, 0) is 16.4 Å². The van der Waals surface area contributed by atoms with Crippen LogP contribution in [0, 0.1) is 12.7 Å². The van der Waals surface area contributed by atoms with Crippen molar-refractivity contribution in [3.05, 3.63) is 65.3 Å². The second-order valence-corrected chi connectivity index (χ2v) is 9.89. The van der Waals surface area contributed by atoms with Gasteiger partial charge in [0.25, 0.3) is 0 Å². The number of halogens is 1. The van der Waals surface area contributed by atoms with Gasteiger partial charge in [-0.05, 0) is 80.4 Å². The van der Waals surface area contributed by atoms with E-state index in [0.29, 0.717) is 11.7 Å². The van der Waals surface area contributed by atoms with Crippen LogP contribution in [0.2, 0.25) is 0 Å². The summed E-state index contributed by atoms with van der Waals surface area (Å²) >= 11 is 0. The minimum absolute atomic E-state index is 0.186. The first-order valence-corrected chi connectivity index (χ1v) is 11.8. The first-order valence-electron chi connectivity index (χ1n) is 9.91. The number of hydrogen-bond acceptors (Lipinski definition) is 6. The predicted molar refractivity (Wildman–Crippen MR) is 111 cm³/mol. The van der Waals surface area contributed by atoms with Crippen LogP contribution in [0.1, 0.15) is 35.8 Å². The van der Waals surface area contributed by atoms with Gasteiger partial charge in [-0.1, -0.05) is 11.2 Å². The molecule has 8 heteroatoms. The van der Waals surface area contributed by atoms with Crippen LogP contribution in [0.3, 0.4) is 0 Å². The average Bonchev–Trinajstić information content (AvgIpc) is 3.21. The van der Waals surface area contributed by atoms with Crippen molar-refractivity contribution in [2.24, 2.45) is 0 Å². The molecular weight excluding hydrogens is 405 g/mol. The SMILES string of the molecule is Cc1ccc(F)cc1CN1CCC(c2nc(-c3ccc(S(C)(=O)=O)cc3)no2)CC1. The maximum absolute atomic E-state index is 13.5. The molecular formula is C22H24FN3O3S. The molecule has 1 saturated heterocycles. The topological polar surface area (TPSA) is 76.3 Å². The van der Waals surface area contributed by atoms with Gasteiger partial charge in [0.05, 0.1) is 4.90 Å². The van der Waals surface area contributed by atoms with Gasteiger partial charge >= 0.3 is 0 Å². The molecule has 0 amide bonds. The largest absolute Gasteiger partial charge is 0.339 e. The quantitative estimate of drug-likeness (QED) is 0.611. The Morgan fingerprint density at radius 3 is 2.50 bits per heavy atom. The number of nitrogens with zero attached hydrogens (tertiary/aromatic N) is 3. The van der Waals surface area contributed by atoms with E-state index in [1.165, 1.54) is 12.3 Å². The number of likely N-dealkylation sites (tertiary alicyclic amines) is 1. The van der Waals surface area contributed by atoms with Crippen molar-refractivity contribution >= 4 is 9.84 Å². The van der Waals surface area contributed by atoms with Crippen molar-refractivity contribution in [2.45, 2.75) is 37.1 Å². The van der Waals surface area contributed by atoms with Gasteiger partial charge in [-0.25, -0.2) is 12.8 Å². The summed E-state index contributed by atoms with van der Waals surface area (Å²) in [5.41, 5.74) is 2.84. The number of hydrogen-bond donors (Lipinski definition) is 0. The fraction of sp³-hybridized carbons (Fsp3) is 0.364. The molecule has 1 aliphatic heterocycles. The number of rotatable bonds is 5. The van der Waals surface area contributed by atoms with Crippen LogP contribution in [0.4, 0.5) is 4.39 Å². The summed E-state index contributed by atoms with van der Waals surface area (Å²) in [6, 6.07) is 11.4. The van der Waals surface area contributed by atoms with Gasteiger partial charge in [-0.2, -0.15) is 4.98 Å². The lowest BCUT2D eigenvalue weighted by molar-refractivity contribution is 0.187. The predicted octanol–water partition coefficient (Wildman–Crippen LogP) is 3.97. The van der Waals surface area contributed by atoms with E-state index in [4.69, 9.17) is 4.52 Å². The van der Waals surface area contributed by atoms with E-state index < -0.39 is 9.84 Å². The Kier molecular flexibility index (Phi) is 5.71. The second kappa shape index (κ2) is 8.28. The molecule has 0 N–H and O–H groups in total. The number of aromatic nitrogens is 2. The van der Waals surface area contributed by atoms with Crippen molar-refractivity contribution < 1.29 is 17.3 Å². The van der Waals surface area contributed by atoms with Crippen LogP contribution < -0.4 is 0 Å². The summed E-state index contributed by atoms with van der Waals surface area (Å²) in [6.45, 7) is 4.49. The highest BCUT2D eigenvalue weighted by Gasteiger charge is 2.26. The number of sulfone groups is 1. The van der Waals surface area contributed by atoms with Crippen LogP contribution in [0.5, 0.6) is 0 Å².